The number of aromatic nitrogens is 2. The third-order valence-corrected chi connectivity index (χ3v) is 3.35. The quantitative estimate of drug-likeness (QED) is 0.785. The molecule has 1 fully saturated rings. The molecule has 0 radical (unpaired) electrons. The second kappa shape index (κ2) is 4.14. The number of nitrogens with two attached hydrogens (primary N) is 1. The monoisotopic (exact) mass is 206 g/mol. The second-order valence-corrected chi connectivity index (χ2v) is 4.57. The average Bonchev–Trinajstić information content (AvgIpc) is 2.31. The van der Waals surface area contributed by atoms with Crippen molar-refractivity contribution in [3.8, 4) is 0 Å². The molecule has 0 spiro atoms. The van der Waals surface area contributed by atoms with Crippen molar-refractivity contribution in [3.05, 3.63) is 18.6 Å². The molecule has 0 saturated carbocycles. The van der Waals surface area contributed by atoms with Crippen LogP contribution in [-0.2, 0) is 0 Å². The normalized spacial score (nSPS) is 20.3. The summed E-state index contributed by atoms with van der Waals surface area (Å²) in [5.41, 5.74) is 6.10. The van der Waals surface area contributed by atoms with E-state index in [4.69, 9.17) is 5.73 Å². The molecule has 1 saturated heterocycles. The summed E-state index contributed by atoms with van der Waals surface area (Å²) in [6.45, 7) is 5.14. The highest BCUT2D eigenvalue weighted by atomic mass is 15.2. The van der Waals surface area contributed by atoms with Crippen LogP contribution < -0.4 is 10.6 Å². The lowest BCUT2D eigenvalue weighted by Crippen LogP contribution is -2.42. The van der Waals surface area contributed by atoms with Gasteiger partial charge in [-0.2, -0.15) is 0 Å². The standard InChI is InChI=1S/C11H18N4/c1-11(8-12)3-6-15(7-4-11)10-2-5-13-9-14-10/h2,5,9H,3-4,6-8,12H2,1H3. The summed E-state index contributed by atoms with van der Waals surface area (Å²) in [6, 6.07) is 1.96. The first-order valence-corrected chi connectivity index (χ1v) is 5.45. The van der Waals surface area contributed by atoms with Gasteiger partial charge in [-0.25, -0.2) is 9.97 Å². The van der Waals surface area contributed by atoms with Crippen LogP contribution in [0.15, 0.2) is 18.6 Å². The molecule has 0 amide bonds. The average molecular weight is 206 g/mol. The maximum Gasteiger partial charge on any atom is 0.131 e. The Morgan fingerprint density at radius 1 is 1.47 bits per heavy atom. The van der Waals surface area contributed by atoms with Crippen LogP contribution in [-0.4, -0.2) is 29.6 Å². The van der Waals surface area contributed by atoms with Crippen molar-refractivity contribution in [2.24, 2.45) is 11.1 Å². The molecule has 0 aliphatic carbocycles. The molecule has 4 heteroatoms. The van der Waals surface area contributed by atoms with Crippen LogP contribution in [0.4, 0.5) is 5.82 Å². The maximum absolute atomic E-state index is 5.78. The lowest BCUT2D eigenvalue weighted by molar-refractivity contribution is 0.258. The number of piperidine rings is 1. The maximum atomic E-state index is 5.78. The predicted molar refractivity (Wildman–Crippen MR) is 60.6 cm³/mol. The first kappa shape index (κ1) is 10.4. The number of hydrogen-bond donors (Lipinski definition) is 1. The minimum absolute atomic E-state index is 0.323. The highest BCUT2D eigenvalue weighted by molar-refractivity contribution is 5.37. The van der Waals surface area contributed by atoms with Crippen molar-refractivity contribution in [3.63, 3.8) is 0 Å². The van der Waals surface area contributed by atoms with Gasteiger partial charge in [-0.1, -0.05) is 6.92 Å². The molecule has 0 unspecified atom stereocenters. The topological polar surface area (TPSA) is 55.0 Å². The van der Waals surface area contributed by atoms with E-state index >= 15 is 0 Å². The lowest BCUT2D eigenvalue weighted by atomic mass is 9.80. The molecule has 4 nitrogen and oxygen atoms in total. The Balaban J connectivity index is 2.00. The van der Waals surface area contributed by atoms with Crippen molar-refractivity contribution in [2.45, 2.75) is 19.8 Å². The molecule has 1 aromatic heterocycles. The third kappa shape index (κ3) is 2.26. The number of nitrogens with zero attached hydrogens (tertiary/aromatic N) is 3. The van der Waals surface area contributed by atoms with E-state index in [0.717, 1.165) is 38.3 Å². The molecule has 0 atom stereocenters. The summed E-state index contributed by atoms with van der Waals surface area (Å²) in [5, 5.41) is 0. The van der Waals surface area contributed by atoms with Gasteiger partial charge in [0, 0.05) is 19.3 Å². The first-order chi connectivity index (χ1) is 7.23. The summed E-state index contributed by atoms with van der Waals surface area (Å²) in [4.78, 5) is 10.5. The molecule has 0 bridgehead atoms. The van der Waals surface area contributed by atoms with E-state index in [-0.39, 0.29) is 0 Å². The zero-order valence-corrected chi connectivity index (χ0v) is 9.19. The fourth-order valence-electron chi connectivity index (χ4n) is 1.95. The Bertz CT molecular complexity index is 304. The smallest absolute Gasteiger partial charge is 0.131 e. The summed E-state index contributed by atoms with van der Waals surface area (Å²) in [5.74, 6) is 1.03. The van der Waals surface area contributed by atoms with E-state index in [0.29, 0.717) is 5.41 Å². The largest absolute Gasteiger partial charge is 0.356 e. The molecule has 1 aliphatic rings. The predicted octanol–water partition coefficient (Wildman–Crippen LogP) is 1.04. The molecule has 0 aromatic carbocycles. The third-order valence-electron chi connectivity index (χ3n) is 3.35. The summed E-state index contributed by atoms with van der Waals surface area (Å²) in [6.07, 6.45) is 5.69. The van der Waals surface area contributed by atoms with E-state index in [1.807, 2.05) is 6.07 Å². The van der Waals surface area contributed by atoms with Gasteiger partial charge < -0.3 is 10.6 Å². The van der Waals surface area contributed by atoms with Gasteiger partial charge in [0.2, 0.25) is 0 Å². The molecular formula is C11H18N4. The first-order valence-electron chi connectivity index (χ1n) is 5.45. The molecular weight excluding hydrogens is 188 g/mol. The highest BCUT2D eigenvalue weighted by Crippen LogP contribution is 2.30. The molecule has 1 aliphatic heterocycles. The molecule has 2 heterocycles. The Labute approximate surface area is 90.5 Å². The molecule has 1 aromatic rings. The zero-order chi connectivity index (χ0) is 10.7. The van der Waals surface area contributed by atoms with E-state index < -0.39 is 0 Å². The van der Waals surface area contributed by atoms with E-state index in [1.165, 1.54) is 0 Å². The molecule has 2 rings (SSSR count). The van der Waals surface area contributed by atoms with Gasteiger partial charge in [-0.05, 0) is 30.9 Å². The zero-order valence-electron chi connectivity index (χ0n) is 9.19. The number of anilines is 1. The van der Waals surface area contributed by atoms with Crippen molar-refractivity contribution < 1.29 is 0 Å². The van der Waals surface area contributed by atoms with Crippen LogP contribution in [0.25, 0.3) is 0 Å². The van der Waals surface area contributed by atoms with Gasteiger partial charge in [0.25, 0.3) is 0 Å². The van der Waals surface area contributed by atoms with E-state index in [1.54, 1.807) is 12.5 Å². The fraction of sp³-hybridized carbons (Fsp3) is 0.636. The van der Waals surface area contributed by atoms with E-state index in [2.05, 4.69) is 21.8 Å². The fourth-order valence-corrected chi connectivity index (χ4v) is 1.95. The van der Waals surface area contributed by atoms with Gasteiger partial charge >= 0.3 is 0 Å². The van der Waals surface area contributed by atoms with Crippen molar-refractivity contribution in [1.29, 1.82) is 0 Å². The van der Waals surface area contributed by atoms with E-state index in [9.17, 15) is 0 Å². The molecule has 82 valence electrons. The van der Waals surface area contributed by atoms with Crippen LogP contribution in [0.2, 0.25) is 0 Å². The number of hydrogen-bond acceptors (Lipinski definition) is 4. The SMILES string of the molecule is CC1(CN)CCN(c2ccncn2)CC1. The van der Waals surface area contributed by atoms with Crippen LogP contribution in [0.1, 0.15) is 19.8 Å². The Morgan fingerprint density at radius 2 is 2.20 bits per heavy atom. The van der Waals surface area contributed by atoms with Crippen LogP contribution in [0.3, 0.4) is 0 Å². The minimum Gasteiger partial charge on any atom is -0.356 e. The van der Waals surface area contributed by atoms with Crippen LogP contribution in [0, 0.1) is 5.41 Å². The van der Waals surface area contributed by atoms with Gasteiger partial charge in [-0.15, -0.1) is 0 Å². The van der Waals surface area contributed by atoms with Crippen molar-refractivity contribution in [1.82, 2.24) is 9.97 Å². The van der Waals surface area contributed by atoms with Gasteiger partial charge in [-0.3, -0.25) is 0 Å². The summed E-state index contributed by atoms with van der Waals surface area (Å²) in [7, 11) is 0. The Morgan fingerprint density at radius 3 is 2.73 bits per heavy atom. The molecule has 2 N–H and O–H groups in total. The van der Waals surface area contributed by atoms with Gasteiger partial charge in [0.05, 0.1) is 0 Å². The Kier molecular flexibility index (Phi) is 2.86. The highest BCUT2D eigenvalue weighted by Gasteiger charge is 2.28. The van der Waals surface area contributed by atoms with Crippen LogP contribution in [0.5, 0.6) is 0 Å². The minimum atomic E-state index is 0.323. The second-order valence-electron chi connectivity index (χ2n) is 4.57. The van der Waals surface area contributed by atoms with Gasteiger partial charge in [0.15, 0.2) is 0 Å². The molecule has 15 heavy (non-hydrogen) atoms. The Hall–Kier alpha value is -1.16. The lowest BCUT2D eigenvalue weighted by Gasteiger charge is -2.39. The summed E-state index contributed by atoms with van der Waals surface area (Å²) >= 11 is 0. The van der Waals surface area contributed by atoms with Gasteiger partial charge in [0.1, 0.15) is 12.1 Å². The van der Waals surface area contributed by atoms with Crippen molar-refractivity contribution in [2.75, 3.05) is 24.5 Å². The van der Waals surface area contributed by atoms with Crippen molar-refractivity contribution >= 4 is 5.82 Å². The number of rotatable bonds is 2. The van der Waals surface area contributed by atoms with Crippen LogP contribution >= 0.6 is 0 Å². The summed E-state index contributed by atoms with van der Waals surface area (Å²) < 4.78 is 0.